The van der Waals surface area contributed by atoms with Gasteiger partial charge in [0.05, 0.1) is 0 Å². The summed E-state index contributed by atoms with van der Waals surface area (Å²) in [5.41, 5.74) is 2.78. The molecule has 0 aliphatic carbocycles. The molecule has 0 spiro atoms. The number of nitrogens with one attached hydrogen (secondary N) is 1. The van der Waals surface area contributed by atoms with Gasteiger partial charge >= 0.3 is 0 Å². The number of aromatic hydroxyl groups is 1. The number of benzene rings is 1. The van der Waals surface area contributed by atoms with Crippen LogP contribution in [0.1, 0.15) is 25.0 Å². The maximum absolute atomic E-state index is 9.96. The lowest BCUT2D eigenvalue weighted by molar-refractivity contribution is 0.276. The van der Waals surface area contributed by atoms with E-state index < -0.39 is 0 Å². The van der Waals surface area contributed by atoms with Gasteiger partial charge in [0.15, 0.2) is 0 Å². The molecule has 0 saturated carbocycles. The smallest absolute Gasteiger partial charge is 0.120 e. The molecular formula is C20H30N2O2. The van der Waals surface area contributed by atoms with E-state index in [2.05, 4.69) is 23.7 Å². The molecule has 0 amide bonds. The van der Waals surface area contributed by atoms with Crippen LogP contribution in [0.5, 0.6) is 5.75 Å². The topological polar surface area (TPSA) is 55.7 Å². The number of likely N-dealkylation sites (N-methyl/N-ethyl adjacent to an activating group) is 1. The summed E-state index contributed by atoms with van der Waals surface area (Å²) >= 11 is 0. The number of hydrogen-bond donors (Lipinski definition) is 3. The van der Waals surface area contributed by atoms with Crippen molar-refractivity contribution in [1.82, 2.24) is 10.2 Å². The maximum Gasteiger partial charge on any atom is 0.120 e. The van der Waals surface area contributed by atoms with Crippen molar-refractivity contribution in [1.29, 1.82) is 0 Å². The van der Waals surface area contributed by atoms with Gasteiger partial charge in [0.2, 0.25) is 0 Å². The normalized spacial score (nSPS) is 12.2. The molecule has 4 heteroatoms. The zero-order chi connectivity index (χ0) is 17.9. The number of nitrogens with zero attached hydrogens (tertiary/aromatic N) is 1. The van der Waals surface area contributed by atoms with Gasteiger partial charge < -0.3 is 15.5 Å². The lowest BCUT2D eigenvalue weighted by atomic mass is 10.1. The van der Waals surface area contributed by atoms with E-state index in [0.717, 1.165) is 37.3 Å². The lowest BCUT2D eigenvalue weighted by Crippen LogP contribution is -2.32. The molecule has 0 aromatic heterocycles. The molecule has 0 atom stereocenters. The second kappa shape index (κ2) is 10.7. The van der Waals surface area contributed by atoms with Crippen LogP contribution in [-0.2, 0) is 6.54 Å². The van der Waals surface area contributed by atoms with Crippen molar-refractivity contribution in [2.24, 2.45) is 0 Å². The highest BCUT2D eigenvalue weighted by molar-refractivity contribution is 5.35. The van der Waals surface area contributed by atoms with Crippen molar-refractivity contribution in [3.05, 3.63) is 65.5 Å². The van der Waals surface area contributed by atoms with Crippen LogP contribution in [0.2, 0.25) is 0 Å². The Kier molecular flexibility index (Phi) is 8.90. The van der Waals surface area contributed by atoms with Crippen LogP contribution in [0, 0.1) is 6.92 Å². The maximum atomic E-state index is 9.96. The second-order valence-electron chi connectivity index (χ2n) is 5.86. The van der Waals surface area contributed by atoms with Crippen molar-refractivity contribution < 1.29 is 10.2 Å². The number of aliphatic hydroxyl groups excluding tert-OH is 1. The van der Waals surface area contributed by atoms with Gasteiger partial charge in [-0.25, -0.2) is 0 Å². The SMILES string of the molecule is C=C(CNCCN(CC)Cc1cc(C)ccc1O)/C(O)=C\C=C\C. The number of rotatable bonds is 10. The molecule has 4 nitrogen and oxygen atoms in total. The van der Waals surface area contributed by atoms with E-state index >= 15 is 0 Å². The first kappa shape index (κ1) is 20.0. The van der Waals surface area contributed by atoms with E-state index in [4.69, 9.17) is 0 Å². The third kappa shape index (κ3) is 7.02. The standard InChI is InChI=1S/C20H30N2O2/c1-5-7-8-19(23)17(4)14-21-11-12-22(6-2)15-18-13-16(3)9-10-20(18)24/h5,7-10,13,21,23-24H,4,6,11-12,14-15H2,1-3H3/b7-5+,19-8+. The Morgan fingerprint density at radius 1 is 1.38 bits per heavy atom. The number of allylic oxidation sites excluding steroid dienone is 3. The zero-order valence-corrected chi connectivity index (χ0v) is 15.0. The average Bonchev–Trinajstić information content (AvgIpc) is 2.58. The Hall–Kier alpha value is -2.04. The van der Waals surface area contributed by atoms with Gasteiger partial charge in [-0.05, 0) is 32.5 Å². The molecule has 1 rings (SSSR count). The van der Waals surface area contributed by atoms with E-state index in [1.165, 1.54) is 0 Å². The fraction of sp³-hybridized carbons (Fsp3) is 0.400. The van der Waals surface area contributed by atoms with Crippen LogP contribution in [-0.4, -0.2) is 41.3 Å². The Labute approximate surface area is 145 Å². The largest absolute Gasteiger partial charge is 0.508 e. The minimum atomic E-state index is 0.206. The van der Waals surface area contributed by atoms with E-state index in [0.29, 0.717) is 17.9 Å². The first-order chi connectivity index (χ1) is 11.5. The molecule has 0 heterocycles. The van der Waals surface area contributed by atoms with Crippen molar-refractivity contribution in [3.63, 3.8) is 0 Å². The second-order valence-corrected chi connectivity index (χ2v) is 5.86. The minimum Gasteiger partial charge on any atom is -0.508 e. The molecule has 0 saturated heterocycles. The van der Waals surface area contributed by atoms with Gasteiger partial charge in [0, 0.05) is 37.3 Å². The van der Waals surface area contributed by atoms with Crippen molar-refractivity contribution in [2.75, 3.05) is 26.2 Å². The monoisotopic (exact) mass is 330 g/mol. The highest BCUT2D eigenvalue weighted by Gasteiger charge is 2.08. The average molecular weight is 330 g/mol. The highest BCUT2D eigenvalue weighted by atomic mass is 16.3. The van der Waals surface area contributed by atoms with Crippen LogP contribution in [0.3, 0.4) is 0 Å². The molecule has 132 valence electrons. The Morgan fingerprint density at radius 3 is 2.79 bits per heavy atom. The summed E-state index contributed by atoms with van der Waals surface area (Å²) in [7, 11) is 0. The number of aliphatic hydroxyl groups is 1. The van der Waals surface area contributed by atoms with Gasteiger partial charge in [-0.1, -0.05) is 43.4 Å². The summed E-state index contributed by atoms with van der Waals surface area (Å²) in [4.78, 5) is 2.26. The molecular weight excluding hydrogens is 300 g/mol. The Balaban J connectivity index is 2.42. The molecule has 0 fully saturated rings. The van der Waals surface area contributed by atoms with Crippen LogP contribution in [0.4, 0.5) is 0 Å². The third-order valence-corrected chi connectivity index (χ3v) is 3.83. The molecule has 0 unspecified atom stereocenters. The summed E-state index contributed by atoms with van der Waals surface area (Å²) in [5.74, 6) is 0.553. The van der Waals surface area contributed by atoms with E-state index in [-0.39, 0.29) is 5.76 Å². The molecule has 0 bridgehead atoms. The predicted molar refractivity (Wildman–Crippen MR) is 101 cm³/mol. The zero-order valence-electron chi connectivity index (χ0n) is 15.0. The number of phenolic OH excluding ortho intramolecular Hbond substituents is 1. The van der Waals surface area contributed by atoms with Crippen LogP contribution in [0.25, 0.3) is 0 Å². The van der Waals surface area contributed by atoms with Gasteiger partial charge in [-0.15, -0.1) is 0 Å². The first-order valence-corrected chi connectivity index (χ1v) is 8.39. The van der Waals surface area contributed by atoms with E-state index in [1.54, 1.807) is 18.2 Å². The fourth-order valence-electron chi connectivity index (χ4n) is 2.30. The predicted octanol–water partition coefficient (Wildman–Crippen LogP) is 3.69. The fourth-order valence-corrected chi connectivity index (χ4v) is 2.30. The van der Waals surface area contributed by atoms with Crippen LogP contribution in [0.15, 0.2) is 54.3 Å². The van der Waals surface area contributed by atoms with Gasteiger partial charge in [-0.2, -0.15) is 0 Å². The summed E-state index contributed by atoms with van der Waals surface area (Å²) in [6.07, 6.45) is 5.29. The summed E-state index contributed by atoms with van der Waals surface area (Å²) in [5, 5.41) is 23.0. The summed E-state index contributed by atoms with van der Waals surface area (Å²) < 4.78 is 0. The minimum absolute atomic E-state index is 0.206. The first-order valence-electron chi connectivity index (χ1n) is 8.39. The quantitative estimate of drug-likeness (QED) is 0.348. The highest BCUT2D eigenvalue weighted by Crippen LogP contribution is 2.19. The third-order valence-electron chi connectivity index (χ3n) is 3.83. The van der Waals surface area contributed by atoms with Crippen molar-refractivity contribution in [2.45, 2.75) is 27.3 Å². The summed E-state index contributed by atoms with van der Waals surface area (Å²) in [6, 6.07) is 5.69. The Morgan fingerprint density at radius 2 is 2.12 bits per heavy atom. The molecule has 3 N–H and O–H groups in total. The molecule has 0 aliphatic heterocycles. The van der Waals surface area contributed by atoms with Crippen LogP contribution >= 0.6 is 0 Å². The van der Waals surface area contributed by atoms with Crippen molar-refractivity contribution in [3.8, 4) is 5.75 Å². The van der Waals surface area contributed by atoms with Gasteiger partial charge in [-0.3, -0.25) is 4.90 Å². The van der Waals surface area contributed by atoms with Crippen molar-refractivity contribution >= 4 is 0 Å². The molecule has 24 heavy (non-hydrogen) atoms. The van der Waals surface area contributed by atoms with E-state index in [9.17, 15) is 10.2 Å². The molecule has 1 aromatic rings. The van der Waals surface area contributed by atoms with E-state index in [1.807, 2.05) is 32.1 Å². The van der Waals surface area contributed by atoms with Crippen LogP contribution < -0.4 is 5.32 Å². The molecule has 0 radical (unpaired) electrons. The van der Waals surface area contributed by atoms with Gasteiger partial charge in [0.25, 0.3) is 0 Å². The summed E-state index contributed by atoms with van der Waals surface area (Å²) in [6.45, 7) is 13.7. The molecule has 0 aliphatic rings. The number of aryl methyl sites for hydroxylation is 1. The van der Waals surface area contributed by atoms with Gasteiger partial charge in [0.1, 0.15) is 11.5 Å². The molecule has 1 aromatic carbocycles. The number of phenols is 1. The Bertz CT molecular complexity index is 591. The lowest BCUT2D eigenvalue weighted by Gasteiger charge is -2.21. The number of hydrogen-bond acceptors (Lipinski definition) is 4.